The molecule has 0 amide bonds. The van der Waals surface area contributed by atoms with Gasteiger partial charge in [-0.1, -0.05) is 19.9 Å². The Morgan fingerprint density at radius 3 is 2.62 bits per heavy atom. The van der Waals surface area contributed by atoms with E-state index in [0.717, 1.165) is 13.0 Å². The van der Waals surface area contributed by atoms with Crippen molar-refractivity contribution in [2.45, 2.75) is 20.3 Å². The molecule has 1 rings (SSSR count). The summed E-state index contributed by atoms with van der Waals surface area (Å²) < 4.78 is 0. The third-order valence-corrected chi connectivity index (χ3v) is 1.69. The summed E-state index contributed by atoms with van der Waals surface area (Å²) in [4.78, 5) is 2.20. The summed E-state index contributed by atoms with van der Waals surface area (Å²) in [6, 6.07) is 0. The van der Waals surface area contributed by atoms with E-state index in [1.807, 2.05) is 19.9 Å². The molecule has 0 N–H and O–H groups in total. The van der Waals surface area contributed by atoms with Gasteiger partial charge in [0.05, 0.1) is 6.20 Å². The highest BCUT2D eigenvalue weighted by atomic mass is 15.1. The standard InChI is InChI=1S/C8H13N3.C2H6/c1-9-10-6-5-8-4-3-7-11(8)2;1-2/h4-6H,3,7H2,1-2H3;1-2H3/b6-5-,10-9?;. The SMILES string of the molecule is CC.CN=N/C=C\C1=CCCN1C. The van der Waals surface area contributed by atoms with Gasteiger partial charge in [-0.05, 0) is 12.5 Å². The topological polar surface area (TPSA) is 28.0 Å². The van der Waals surface area contributed by atoms with Gasteiger partial charge in [0.1, 0.15) is 0 Å². The molecule has 1 heterocycles. The molecule has 74 valence electrons. The second kappa shape index (κ2) is 7.53. The van der Waals surface area contributed by atoms with Crippen LogP contribution >= 0.6 is 0 Å². The molecule has 13 heavy (non-hydrogen) atoms. The fourth-order valence-electron chi connectivity index (χ4n) is 1.06. The van der Waals surface area contributed by atoms with Crippen molar-refractivity contribution in [1.82, 2.24) is 4.90 Å². The molecule has 0 saturated heterocycles. The van der Waals surface area contributed by atoms with E-state index in [2.05, 4.69) is 28.3 Å². The molecular weight excluding hydrogens is 162 g/mol. The number of hydrogen-bond acceptors (Lipinski definition) is 3. The predicted octanol–water partition coefficient (Wildman–Crippen LogP) is 2.83. The quantitative estimate of drug-likeness (QED) is 0.602. The first-order chi connectivity index (χ1) is 6.34. The first-order valence-electron chi connectivity index (χ1n) is 4.71. The highest BCUT2D eigenvalue weighted by Gasteiger charge is 2.05. The number of allylic oxidation sites excluding steroid dienone is 1. The molecule has 0 aromatic carbocycles. The summed E-state index contributed by atoms with van der Waals surface area (Å²) in [5.74, 6) is 0. The van der Waals surface area contributed by atoms with Crippen LogP contribution in [-0.4, -0.2) is 25.5 Å². The van der Waals surface area contributed by atoms with Gasteiger partial charge in [0.2, 0.25) is 0 Å². The first-order valence-corrected chi connectivity index (χ1v) is 4.71. The van der Waals surface area contributed by atoms with E-state index in [0.29, 0.717) is 0 Å². The molecule has 0 aliphatic carbocycles. The lowest BCUT2D eigenvalue weighted by molar-refractivity contribution is 0.471. The second-order valence-corrected chi connectivity index (χ2v) is 2.47. The number of rotatable bonds is 2. The number of likely N-dealkylation sites (N-methyl/N-ethyl adjacent to an activating group) is 1. The van der Waals surface area contributed by atoms with Crippen LogP contribution in [0.1, 0.15) is 20.3 Å². The minimum atomic E-state index is 1.11. The number of hydrogen-bond donors (Lipinski definition) is 0. The van der Waals surface area contributed by atoms with Crippen LogP contribution in [0.4, 0.5) is 0 Å². The van der Waals surface area contributed by atoms with Gasteiger partial charge in [-0.25, -0.2) is 0 Å². The molecule has 0 saturated carbocycles. The molecule has 0 unspecified atom stereocenters. The van der Waals surface area contributed by atoms with Crippen molar-refractivity contribution in [2.24, 2.45) is 10.2 Å². The van der Waals surface area contributed by atoms with Crippen molar-refractivity contribution >= 4 is 0 Å². The lowest BCUT2D eigenvalue weighted by atomic mass is 10.4. The minimum Gasteiger partial charge on any atom is -0.374 e. The monoisotopic (exact) mass is 181 g/mol. The Kier molecular flexibility index (Phi) is 6.88. The van der Waals surface area contributed by atoms with Crippen molar-refractivity contribution in [1.29, 1.82) is 0 Å². The van der Waals surface area contributed by atoms with Crippen LogP contribution in [0.3, 0.4) is 0 Å². The van der Waals surface area contributed by atoms with Crippen molar-refractivity contribution in [2.75, 3.05) is 20.6 Å². The van der Waals surface area contributed by atoms with Crippen LogP contribution in [0.25, 0.3) is 0 Å². The molecule has 0 atom stereocenters. The van der Waals surface area contributed by atoms with Gasteiger partial charge >= 0.3 is 0 Å². The van der Waals surface area contributed by atoms with Crippen LogP contribution in [0.2, 0.25) is 0 Å². The summed E-state index contributed by atoms with van der Waals surface area (Å²) in [7, 11) is 3.74. The maximum absolute atomic E-state index is 3.75. The lowest BCUT2D eigenvalue weighted by Gasteiger charge is -2.11. The molecule has 3 nitrogen and oxygen atoms in total. The van der Waals surface area contributed by atoms with Crippen molar-refractivity contribution < 1.29 is 0 Å². The summed E-state index contributed by atoms with van der Waals surface area (Å²) in [5.41, 5.74) is 1.23. The lowest BCUT2D eigenvalue weighted by Crippen LogP contribution is -2.11. The molecule has 1 aliphatic heterocycles. The van der Waals surface area contributed by atoms with E-state index in [4.69, 9.17) is 0 Å². The molecule has 1 aliphatic rings. The smallest absolute Gasteiger partial charge is 0.0511 e. The van der Waals surface area contributed by atoms with Crippen LogP contribution in [0.5, 0.6) is 0 Å². The van der Waals surface area contributed by atoms with E-state index in [-0.39, 0.29) is 0 Å². The van der Waals surface area contributed by atoms with Crippen LogP contribution in [-0.2, 0) is 0 Å². The van der Waals surface area contributed by atoms with E-state index in [1.54, 1.807) is 13.2 Å². The van der Waals surface area contributed by atoms with Crippen LogP contribution < -0.4 is 0 Å². The van der Waals surface area contributed by atoms with E-state index in [1.165, 1.54) is 5.70 Å². The zero-order valence-corrected chi connectivity index (χ0v) is 8.99. The summed E-state index contributed by atoms with van der Waals surface area (Å²) in [6.45, 7) is 5.11. The largest absolute Gasteiger partial charge is 0.374 e. The van der Waals surface area contributed by atoms with E-state index in [9.17, 15) is 0 Å². The Labute approximate surface area is 80.9 Å². The van der Waals surface area contributed by atoms with Gasteiger partial charge in [-0.3, -0.25) is 0 Å². The Morgan fingerprint density at radius 2 is 2.15 bits per heavy atom. The fourth-order valence-corrected chi connectivity index (χ4v) is 1.06. The minimum absolute atomic E-state index is 1.11. The Balaban J connectivity index is 0.000000671. The van der Waals surface area contributed by atoms with E-state index < -0.39 is 0 Å². The Hall–Kier alpha value is -1.12. The Morgan fingerprint density at radius 1 is 1.46 bits per heavy atom. The maximum Gasteiger partial charge on any atom is 0.0511 e. The zero-order valence-electron chi connectivity index (χ0n) is 8.99. The maximum atomic E-state index is 3.75. The predicted molar refractivity (Wildman–Crippen MR) is 56.6 cm³/mol. The van der Waals surface area contributed by atoms with Crippen LogP contribution in [0, 0.1) is 0 Å². The normalized spacial score (nSPS) is 16.3. The summed E-state index contributed by atoms with van der Waals surface area (Å²) in [6.07, 6.45) is 7.02. The summed E-state index contributed by atoms with van der Waals surface area (Å²) >= 11 is 0. The zero-order chi connectivity index (χ0) is 10.1. The van der Waals surface area contributed by atoms with Gasteiger partial charge in [0.15, 0.2) is 0 Å². The molecule has 0 radical (unpaired) electrons. The molecule has 0 aromatic rings. The Bertz CT molecular complexity index is 204. The van der Waals surface area contributed by atoms with Gasteiger partial charge in [-0.15, -0.1) is 0 Å². The second-order valence-electron chi connectivity index (χ2n) is 2.47. The van der Waals surface area contributed by atoms with E-state index >= 15 is 0 Å². The average molecular weight is 181 g/mol. The number of nitrogens with zero attached hydrogens (tertiary/aromatic N) is 3. The summed E-state index contributed by atoms with van der Waals surface area (Å²) in [5, 5.41) is 7.36. The van der Waals surface area contributed by atoms with Crippen molar-refractivity contribution in [3.05, 3.63) is 24.0 Å². The molecule has 0 aromatic heterocycles. The van der Waals surface area contributed by atoms with Gasteiger partial charge in [0.25, 0.3) is 0 Å². The molecule has 0 bridgehead atoms. The van der Waals surface area contributed by atoms with Crippen molar-refractivity contribution in [3.63, 3.8) is 0 Å². The van der Waals surface area contributed by atoms with Gasteiger partial charge in [-0.2, -0.15) is 10.2 Å². The van der Waals surface area contributed by atoms with Crippen molar-refractivity contribution in [3.8, 4) is 0 Å². The molecule has 3 heteroatoms. The molecular formula is C10H19N3. The molecule has 0 fully saturated rings. The highest BCUT2D eigenvalue weighted by Crippen LogP contribution is 2.12. The average Bonchev–Trinajstić information content (AvgIpc) is 2.56. The third kappa shape index (κ3) is 4.45. The van der Waals surface area contributed by atoms with Gasteiger partial charge in [0, 0.05) is 26.3 Å². The molecule has 0 spiro atoms. The first kappa shape index (κ1) is 11.9. The fraction of sp³-hybridized carbons (Fsp3) is 0.600. The van der Waals surface area contributed by atoms with Gasteiger partial charge < -0.3 is 4.90 Å². The van der Waals surface area contributed by atoms with Crippen LogP contribution in [0.15, 0.2) is 34.3 Å². The number of azo groups is 1. The highest BCUT2D eigenvalue weighted by molar-refractivity contribution is 5.20. The third-order valence-electron chi connectivity index (χ3n) is 1.69.